The minimum absolute atomic E-state index is 0.0756. The van der Waals surface area contributed by atoms with Crippen LogP contribution in [0, 0.1) is 11.5 Å². The fourth-order valence-electron chi connectivity index (χ4n) is 0.952. The quantitative estimate of drug-likeness (QED) is 0.351. The molecule has 1 N–H and O–H groups in total. The molecule has 0 bridgehead atoms. The molecular weight excluding hydrogens is 198 g/mol. The summed E-state index contributed by atoms with van der Waals surface area (Å²) in [5, 5.41) is 11.5. The molecule has 1 rings (SSSR count). The number of furan rings is 1. The molecular formula is C9H11N3OS. The molecule has 4 nitrogen and oxygen atoms in total. The zero-order valence-electron chi connectivity index (χ0n) is 8.02. The minimum atomic E-state index is -0.0756. The van der Waals surface area contributed by atoms with Gasteiger partial charge in [0.1, 0.15) is 11.8 Å². The van der Waals surface area contributed by atoms with Crippen molar-refractivity contribution in [1.82, 2.24) is 5.32 Å². The maximum atomic E-state index is 8.43. The molecule has 1 unspecified atom stereocenters. The third-order valence-corrected chi connectivity index (χ3v) is 2.22. The van der Waals surface area contributed by atoms with Crippen molar-refractivity contribution in [3.63, 3.8) is 0 Å². The van der Waals surface area contributed by atoms with Crippen molar-refractivity contribution in [2.45, 2.75) is 13.0 Å². The van der Waals surface area contributed by atoms with Gasteiger partial charge in [-0.15, -0.1) is 0 Å². The Morgan fingerprint density at radius 2 is 2.57 bits per heavy atom. The van der Waals surface area contributed by atoms with E-state index in [1.165, 1.54) is 11.8 Å². The van der Waals surface area contributed by atoms with Crippen LogP contribution in [-0.2, 0) is 0 Å². The van der Waals surface area contributed by atoms with Crippen LogP contribution in [-0.4, -0.2) is 11.4 Å². The number of amidine groups is 1. The predicted molar refractivity (Wildman–Crippen MR) is 56.8 cm³/mol. The number of hydrogen-bond donors (Lipinski definition) is 1. The molecule has 0 aromatic carbocycles. The van der Waals surface area contributed by atoms with Gasteiger partial charge in [-0.1, -0.05) is 11.8 Å². The van der Waals surface area contributed by atoms with Crippen LogP contribution in [0.3, 0.4) is 0 Å². The molecule has 0 aliphatic carbocycles. The van der Waals surface area contributed by atoms with Crippen LogP contribution in [0.5, 0.6) is 0 Å². The zero-order chi connectivity index (χ0) is 10.4. The van der Waals surface area contributed by atoms with Crippen LogP contribution in [0.2, 0.25) is 0 Å². The highest BCUT2D eigenvalue weighted by Gasteiger charge is 2.07. The summed E-state index contributed by atoms with van der Waals surface area (Å²) in [4.78, 5) is 4.28. The molecule has 0 aliphatic heterocycles. The number of hydrogen-bond acceptors (Lipinski definition) is 4. The molecule has 0 aliphatic rings. The van der Waals surface area contributed by atoms with Crippen LogP contribution < -0.4 is 5.32 Å². The summed E-state index contributed by atoms with van der Waals surface area (Å²) in [5.41, 5.74) is 0. The molecule has 1 aromatic rings. The molecule has 1 heterocycles. The van der Waals surface area contributed by atoms with Gasteiger partial charge in [0.2, 0.25) is 0 Å². The standard InChI is InChI=1S/C9H11N3OS/c1-7(8-4-3-5-13-8)12-9(14-2)11-6-10/h3-5,7H,1-2H3,(H,11,12). The van der Waals surface area contributed by atoms with E-state index in [-0.39, 0.29) is 6.04 Å². The first-order valence-corrected chi connectivity index (χ1v) is 5.30. The second kappa shape index (κ2) is 5.35. The molecule has 0 saturated heterocycles. The van der Waals surface area contributed by atoms with Crippen molar-refractivity contribution >= 4 is 16.9 Å². The smallest absolute Gasteiger partial charge is 0.183 e. The van der Waals surface area contributed by atoms with E-state index in [9.17, 15) is 0 Å². The topological polar surface area (TPSA) is 61.3 Å². The Kier molecular flexibility index (Phi) is 4.08. The highest BCUT2D eigenvalue weighted by atomic mass is 32.2. The van der Waals surface area contributed by atoms with Gasteiger partial charge in [0, 0.05) is 0 Å². The Bertz CT molecular complexity index is 339. The van der Waals surface area contributed by atoms with Crippen molar-refractivity contribution in [3.05, 3.63) is 24.2 Å². The van der Waals surface area contributed by atoms with Gasteiger partial charge in [-0.2, -0.15) is 5.26 Å². The molecule has 1 aromatic heterocycles. The van der Waals surface area contributed by atoms with Crippen LogP contribution >= 0.6 is 11.8 Å². The van der Waals surface area contributed by atoms with Gasteiger partial charge in [0.15, 0.2) is 11.4 Å². The number of aliphatic imine (C=N–C) groups is 1. The molecule has 0 radical (unpaired) electrons. The van der Waals surface area contributed by atoms with Gasteiger partial charge < -0.3 is 4.42 Å². The summed E-state index contributed by atoms with van der Waals surface area (Å²) in [6.45, 7) is 1.91. The van der Waals surface area contributed by atoms with E-state index in [0.717, 1.165) is 5.76 Å². The zero-order valence-corrected chi connectivity index (χ0v) is 8.84. The van der Waals surface area contributed by atoms with E-state index in [0.29, 0.717) is 5.17 Å². The number of nitrogens with one attached hydrogen (secondary N) is 1. The van der Waals surface area contributed by atoms with Gasteiger partial charge >= 0.3 is 0 Å². The Morgan fingerprint density at radius 1 is 1.79 bits per heavy atom. The number of nitrogens with zero attached hydrogens (tertiary/aromatic N) is 2. The molecule has 0 fully saturated rings. The number of nitriles is 1. The van der Waals surface area contributed by atoms with Crippen molar-refractivity contribution in [1.29, 1.82) is 5.26 Å². The lowest BCUT2D eigenvalue weighted by Gasteiger charge is -2.04. The highest BCUT2D eigenvalue weighted by molar-refractivity contribution is 8.13. The molecule has 5 heteroatoms. The molecule has 74 valence electrons. The van der Waals surface area contributed by atoms with E-state index in [1.807, 2.05) is 31.5 Å². The minimum Gasteiger partial charge on any atom is -0.467 e. The van der Waals surface area contributed by atoms with Crippen molar-refractivity contribution < 1.29 is 4.42 Å². The monoisotopic (exact) mass is 209 g/mol. The van der Waals surface area contributed by atoms with E-state index >= 15 is 0 Å². The molecule has 0 saturated carbocycles. The van der Waals surface area contributed by atoms with Crippen molar-refractivity contribution in [2.24, 2.45) is 4.99 Å². The van der Waals surface area contributed by atoms with Gasteiger partial charge in [0.25, 0.3) is 0 Å². The predicted octanol–water partition coefficient (Wildman–Crippen LogP) is 2.13. The Morgan fingerprint density at radius 3 is 3.07 bits per heavy atom. The number of rotatable bonds is 2. The second-order valence-corrected chi connectivity index (χ2v) is 3.36. The molecule has 0 amide bonds. The third-order valence-electron chi connectivity index (χ3n) is 1.62. The summed E-state index contributed by atoms with van der Waals surface area (Å²) in [6, 6.07) is 3.60. The maximum absolute atomic E-state index is 8.43. The normalized spacial score (nSPS) is 13.4. The fourth-order valence-corrected chi connectivity index (χ4v) is 1.36. The summed E-state index contributed by atoms with van der Waals surface area (Å²) in [5.74, 6) is 0.788. The second-order valence-electron chi connectivity index (χ2n) is 2.57. The van der Waals surface area contributed by atoms with Crippen LogP contribution in [0.1, 0.15) is 18.7 Å². The fraction of sp³-hybridized carbons (Fsp3) is 0.333. The summed E-state index contributed by atoms with van der Waals surface area (Å²) in [6.07, 6.45) is 5.31. The SMILES string of the molecule is CSC(=NC(C)c1ccco1)NC#N. The average molecular weight is 209 g/mol. The van der Waals surface area contributed by atoms with Crippen LogP contribution in [0.4, 0.5) is 0 Å². The first-order valence-electron chi connectivity index (χ1n) is 4.08. The van der Waals surface area contributed by atoms with Crippen LogP contribution in [0.25, 0.3) is 0 Å². The summed E-state index contributed by atoms with van der Waals surface area (Å²) in [7, 11) is 0. The van der Waals surface area contributed by atoms with Gasteiger partial charge in [-0.25, -0.2) is 0 Å². The highest BCUT2D eigenvalue weighted by Crippen LogP contribution is 2.17. The Hall–Kier alpha value is -1.41. The molecule has 0 spiro atoms. The Balaban J connectivity index is 2.71. The van der Waals surface area contributed by atoms with Gasteiger partial charge in [-0.05, 0) is 25.3 Å². The molecule has 14 heavy (non-hydrogen) atoms. The van der Waals surface area contributed by atoms with Crippen molar-refractivity contribution in [3.8, 4) is 6.19 Å². The van der Waals surface area contributed by atoms with Gasteiger partial charge in [-0.3, -0.25) is 10.3 Å². The lowest BCUT2D eigenvalue weighted by Crippen LogP contribution is -2.14. The average Bonchev–Trinajstić information content (AvgIpc) is 2.69. The lowest BCUT2D eigenvalue weighted by molar-refractivity contribution is 0.481. The van der Waals surface area contributed by atoms with Gasteiger partial charge in [0.05, 0.1) is 6.26 Å². The van der Waals surface area contributed by atoms with E-state index in [4.69, 9.17) is 9.68 Å². The van der Waals surface area contributed by atoms with E-state index in [2.05, 4.69) is 10.3 Å². The van der Waals surface area contributed by atoms with Crippen molar-refractivity contribution in [2.75, 3.05) is 6.26 Å². The number of thioether (sulfide) groups is 1. The summed E-state index contributed by atoms with van der Waals surface area (Å²) >= 11 is 1.39. The maximum Gasteiger partial charge on any atom is 0.183 e. The molecule has 1 atom stereocenters. The third kappa shape index (κ3) is 2.82. The first-order chi connectivity index (χ1) is 6.77. The van der Waals surface area contributed by atoms with Crippen LogP contribution in [0.15, 0.2) is 27.8 Å². The summed E-state index contributed by atoms with van der Waals surface area (Å²) < 4.78 is 5.19. The first kappa shape index (κ1) is 10.7. The lowest BCUT2D eigenvalue weighted by atomic mass is 10.3. The van der Waals surface area contributed by atoms with E-state index in [1.54, 1.807) is 6.26 Å². The largest absolute Gasteiger partial charge is 0.467 e. The Labute approximate surface area is 87.0 Å². The van der Waals surface area contributed by atoms with E-state index < -0.39 is 0 Å².